The van der Waals surface area contributed by atoms with Crippen LogP contribution >= 0.6 is 11.3 Å². The molecule has 1 saturated carbocycles. The van der Waals surface area contributed by atoms with Gasteiger partial charge in [0, 0.05) is 12.6 Å². The number of rotatable bonds is 7. The lowest BCUT2D eigenvalue weighted by atomic mass is 9.95. The van der Waals surface area contributed by atoms with Crippen molar-refractivity contribution in [2.75, 3.05) is 6.79 Å². The van der Waals surface area contributed by atoms with Gasteiger partial charge in [-0.2, -0.15) is 0 Å². The van der Waals surface area contributed by atoms with Crippen LogP contribution in [0.4, 0.5) is 0 Å². The lowest BCUT2D eigenvalue weighted by Crippen LogP contribution is -2.46. The first-order valence-electron chi connectivity index (χ1n) is 11.7. The van der Waals surface area contributed by atoms with Crippen LogP contribution in [0.25, 0.3) is 0 Å². The fourth-order valence-electron chi connectivity index (χ4n) is 4.61. The van der Waals surface area contributed by atoms with E-state index in [2.05, 4.69) is 5.32 Å². The summed E-state index contributed by atoms with van der Waals surface area (Å²) < 4.78 is 16.9. The number of ether oxygens (including phenoxy) is 2. The Bertz CT molecular complexity index is 1150. The molecule has 2 aromatic heterocycles. The number of furan rings is 1. The molecule has 5 rings (SSSR count). The molecule has 2 amide bonds. The SMILES string of the molecule is Cc1ccc(C(C(=O)NC2CCCCC2)N(Cc2ccc3c(c2)OCO3)C(=O)c2cccs2)o1. The third-order valence-electron chi connectivity index (χ3n) is 6.32. The van der Waals surface area contributed by atoms with Crippen LogP contribution in [0.3, 0.4) is 0 Å². The second-order valence-electron chi connectivity index (χ2n) is 8.79. The van der Waals surface area contributed by atoms with E-state index in [0.717, 1.165) is 31.2 Å². The number of nitrogens with zero attached hydrogens (tertiary/aromatic N) is 1. The van der Waals surface area contributed by atoms with Crippen LogP contribution in [0.1, 0.15) is 64.9 Å². The van der Waals surface area contributed by atoms with Gasteiger partial charge in [0.15, 0.2) is 17.5 Å². The molecule has 8 heteroatoms. The van der Waals surface area contributed by atoms with E-state index in [1.165, 1.54) is 17.8 Å². The summed E-state index contributed by atoms with van der Waals surface area (Å²) in [4.78, 5) is 29.6. The molecular formula is C26H28N2O5S. The third-order valence-corrected chi connectivity index (χ3v) is 7.18. The number of amides is 2. The third kappa shape index (κ3) is 4.82. The maximum absolute atomic E-state index is 13.7. The fourth-order valence-corrected chi connectivity index (χ4v) is 5.29. The van der Waals surface area contributed by atoms with Crippen molar-refractivity contribution in [2.24, 2.45) is 0 Å². The molecule has 1 fully saturated rings. The summed E-state index contributed by atoms with van der Waals surface area (Å²) in [6.45, 7) is 2.23. The van der Waals surface area contributed by atoms with E-state index in [1.807, 2.05) is 42.6 Å². The smallest absolute Gasteiger partial charge is 0.265 e. The van der Waals surface area contributed by atoms with Gasteiger partial charge in [-0.1, -0.05) is 31.4 Å². The number of hydrogen-bond donors (Lipinski definition) is 1. The predicted octanol–water partition coefficient (Wildman–Crippen LogP) is 5.21. The van der Waals surface area contributed by atoms with Crippen LogP contribution in [0, 0.1) is 6.92 Å². The van der Waals surface area contributed by atoms with Crippen LogP contribution in [0.2, 0.25) is 0 Å². The Labute approximate surface area is 202 Å². The standard InChI is InChI=1S/C26H28N2O5S/c1-17-9-11-21(33-17)24(25(29)27-19-6-3-2-4-7-19)28(26(30)23-8-5-13-34-23)15-18-10-12-20-22(14-18)32-16-31-20/h5,8-14,19,24H,2-4,6-7,15-16H2,1H3,(H,27,29). The molecule has 1 aromatic carbocycles. The molecular weight excluding hydrogens is 452 g/mol. The summed E-state index contributed by atoms with van der Waals surface area (Å²) >= 11 is 1.36. The summed E-state index contributed by atoms with van der Waals surface area (Å²) in [5, 5.41) is 5.06. The Morgan fingerprint density at radius 2 is 1.91 bits per heavy atom. The lowest BCUT2D eigenvalue weighted by molar-refractivity contribution is -0.127. The molecule has 2 aliphatic rings. The highest BCUT2D eigenvalue weighted by molar-refractivity contribution is 7.12. The summed E-state index contributed by atoms with van der Waals surface area (Å²) in [6.07, 6.45) is 5.31. The number of benzene rings is 1. The number of aryl methyl sites for hydroxylation is 1. The van der Waals surface area contributed by atoms with Gasteiger partial charge in [0.25, 0.3) is 11.8 Å². The molecule has 1 aliphatic heterocycles. The van der Waals surface area contributed by atoms with Gasteiger partial charge in [-0.05, 0) is 61.0 Å². The molecule has 178 valence electrons. The molecule has 1 unspecified atom stereocenters. The maximum atomic E-state index is 13.7. The Kier molecular flexibility index (Phi) is 6.58. The monoisotopic (exact) mass is 480 g/mol. The van der Waals surface area contributed by atoms with E-state index in [9.17, 15) is 9.59 Å². The molecule has 3 aromatic rings. The van der Waals surface area contributed by atoms with Gasteiger partial charge in [0.1, 0.15) is 11.5 Å². The lowest BCUT2D eigenvalue weighted by Gasteiger charge is -2.32. The Morgan fingerprint density at radius 3 is 2.65 bits per heavy atom. The van der Waals surface area contributed by atoms with Crippen LogP contribution < -0.4 is 14.8 Å². The van der Waals surface area contributed by atoms with Gasteiger partial charge in [0.2, 0.25) is 6.79 Å². The van der Waals surface area contributed by atoms with Crippen molar-refractivity contribution in [3.8, 4) is 11.5 Å². The quantitative estimate of drug-likeness (QED) is 0.502. The number of thiophene rings is 1. The average molecular weight is 481 g/mol. The Morgan fingerprint density at radius 1 is 1.09 bits per heavy atom. The van der Waals surface area contributed by atoms with E-state index in [-0.39, 0.29) is 31.2 Å². The molecule has 1 aliphatic carbocycles. The number of nitrogens with one attached hydrogen (secondary N) is 1. The van der Waals surface area contributed by atoms with Gasteiger partial charge >= 0.3 is 0 Å². The fraction of sp³-hybridized carbons (Fsp3) is 0.385. The molecule has 0 bridgehead atoms. The van der Waals surface area contributed by atoms with Crippen molar-refractivity contribution in [3.05, 3.63) is 69.8 Å². The van der Waals surface area contributed by atoms with Crippen molar-refractivity contribution in [1.29, 1.82) is 0 Å². The summed E-state index contributed by atoms with van der Waals surface area (Å²) in [5.74, 6) is 2.03. The minimum atomic E-state index is -0.893. The zero-order chi connectivity index (χ0) is 23.5. The van der Waals surface area contributed by atoms with Gasteiger partial charge in [-0.3, -0.25) is 9.59 Å². The first-order chi connectivity index (χ1) is 16.6. The molecule has 3 heterocycles. The number of hydrogen-bond acceptors (Lipinski definition) is 6. The van der Waals surface area contributed by atoms with E-state index in [0.29, 0.717) is 27.9 Å². The van der Waals surface area contributed by atoms with Crippen LogP contribution in [-0.4, -0.2) is 29.5 Å². The second-order valence-corrected chi connectivity index (χ2v) is 9.74. The molecule has 0 spiro atoms. The molecule has 7 nitrogen and oxygen atoms in total. The average Bonchev–Trinajstić information content (AvgIpc) is 3.61. The van der Waals surface area contributed by atoms with Gasteiger partial charge in [0.05, 0.1) is 4.88 Å². The summed E-state index contributed by atoms with van der Waals surface area (Å²) in [6, 6.07) is 12.0. The first kappa shape index (κ1) is 22.5. The highest BCUT2D eigenvalue weighted by Crippen LogP contribution is 2.35. The van der Waals surface area contributed by atoms with Gasteiger partial charge in [-0.15, -0.1) is 11.3 Å². The number of carbonyl (C=O) groups excluding carboxylic acids is 2. The van der Waals surface area contributed by atoms with E-state index in [1.54, 1.807) is 17.0 Å². The molecule has 1 atom stereocenters. The van der Waals surface area contributed by atoms with E-state index in [4.69, 9.17) is 13.9 Å². The van der Waals surface area contributed by atoms with Crippen molar-refractivity contribution < 1.29 is 23.5 Å². The van der Waals surface area contributed by atoms with Crippen molar-refractivity contribution in [3.63, 3.8) is 0 Å². The Hall–Kier alpha value is -3.26. The topological polar surface area (TPSA) is 81.0 Å². The van der Waals surface area contributed by atoms with Crippen LogP contribution in [0.15, 0.2) is 52.3 Å². The maximum Gasteiger partial charge on any atom is 0.265 e. The molecule has 0 saturated heterocycles. The minimum Gasteiger partial charge on any atom is -0.464 e. The first-order valence-corrected chi connectivity index (χ1v) is 12.6. The molecule has 1 N–H and O–H groups in total. The normalized spacial score (nSPS) is 16.3. The summed E-state index contributed by atoms with van der Waals surface area (Å²) in [5.41, 5.74) is 0.841. The highest BCUT2D eigenvalue weighted by atomic mass is 32.1. The molecule has 0 radical (unpaired) electrons. The number of fused-ring (bicyclic) bond motifs is 1. The van der Waals surface area contributed by atoms with Gasteiger partial charge < -0.3 is 24.1 Å². The minimum absolute atomic E-state index is 0.115. The van der Waals surface area contributed by atoms with Crippen molar-refractivity contribution in [2.45, 2.75) is 57.7 Å². The van der Waals surface area contributed by atoms with E-state index < -0.39 is 6.04 Å². The predicted molar refractivity (Wildman–Crippen MR) is 128 cm³/mol. The van der Waals surface area contributed by atoms with E-state index >= 15 is 0 Å². The number of carbonyl (C=O) groups is 2. The second kappa shape index (κ2) is 9.93. The molecule has 34 heavy (non-hydrogen) atoms. The van der Waals surface area contributed by atoms with Crippen LogP contribution in [0.5, 0.6) is 11.5 Å². The van der Waals surface area contributed by atoms with Crippen molar-refractivity contribution in [1.82, 2.24) is 10.2 Å². The summed E-state index contributed by atoms with van der Waals surface area (Å²) in [7, 11) is 0. The zero-order valence-electron chi connectivity index (χ0n) is 19.1. The highest BCUT2D eigenvalue weighted by Gasteiger charge is 2.36. The van der Waals surface area contributed by atoms with Crippen LogP contribution in [-0.2, 0) is 11.3 Å². The van der Waals surface area contributed by atoms with Gasteiger partial charge in [-0.25, -0.2) is 0 Å². The van der Waals surface area contributed by atoms with Crippen molar-refractivity contribution >= 4 is 23.2 Å². The zero-order valence-corrected chi connectivity index (χ0v) is 19.9. The largest absolute Gasteiger partial charge is 0.464 e. The Balaban J connectivity index is 1.50.